The molecule has 29 heavy (non-hydrogen) atoms. The van der Waals surface area contributed by atoms with Gasteiger partial charge < -0.3 is 19.2 Å². The lowest BCUT2D eigenvalue weighted by atomic mass is 10.1. The maximum atomic E-state index is 13.0. The number of nitrogens with one attached hydrogen (secondary N) is 1. The Kier molecular flexibility index (Phi) is 6.35. The molecule has 2 aromatic heterocycles. The summed E-state index contributed by atoms with van der Waals surface area (Å²) < 4.78 is 4.64. The summed E-state index contributed by atoms with van der Waals surface area (Å²) in [5, 5.41) is 3.02. The number of fused-ring (bicyclic) bond motifs is 3. The van der Waals surface area contributed by atoms with Gasteiger partial charge in [-0.3, -0.25) is 9.59 Å². The van der Waals surface area contributed by atoms with Gasteiger partial charge in [-0.2, -0.15) is 0 Å². The SMILES string of the molecule is O=C(CCCn1c(=O)c2cccn2c2ccc(Br)cc21)NCCN1CCCCC1. The molecular formula is C22H27BrN4O2. The fraction of sp³-hybridized carbons (Fsp3) is 0.455. The summed E-state index contributed by atoms with van der Waals surface area (Å²) in [5.41, 5.74) is 2.49. The molecular weight excluding hydrogens is 432 g/mol. The van der Waals surface area contributed by atoms with Crippen LogP contribution in [0, 0.1) is 0 Å². The Morgan fingerprint density at radius 3 is 2.69 bits per heavy atom. The van der Waals surface area contributed by atoms with Crippen molar-refractivity contribution >= 4 is 38.4 Å². The van der Waals surface area contributed by atoms with Crippen LogP contribution in [-0.2, 0) is 11.3 Å². The molecule has 1 aromatic carbocycles. The quantitative estimate of drug-likeness (QED) is 0.590. The summed E-state index contributed by atoms with van der Waals surface area (Å²) in [6, 6.07) is 9.68. The third-order valence-corrected chi connectivity index (χ3v) is 6.18. The molecule has 1 aliphatic heterocycles. The fourth-order valence-electron chi connectivity index (χ4n) is 4.17. The van der Waals surface area contributed by atoms with E-state index in [9.17, 15) is 9.59 Å². The molecule has 1 aliphatic rings. The number of hydrogen-bond donors (Lipinski definition) is 1. The minimum absolute atomic E-state index is 0.0221. The van der Waals surface area contributed by atoms with Gasteiger partial charge in [-0.15, -0.1) is 0 Å². The molecule has 1 amide bonds. The molecule has 0 bridgehead atoms. The van der Waals surface area contributed by atoms with Gasteiger partial charge in [0.1, 0.15) is 5.52 Å². The Hall–Kier alpha value is -2.12. The van der Waals surface area contributed by atoms with Gasteiger partial charge >= 0.3 is 0 Å². The van der Waals surface area contributed by atoms with Gasteiger partial charge in [-0.25, -0.2) is 0 Å². The average Bonchev–Trinajstić information content (AvgIpc) is 3.21. The van der Waals surface area contributed by atoms with Crippen molar-refractivity contribution in [2.45, 2.75) is 38.6 Å². The summed E-state index contributed by atoms with van der Waals surface area (Å²) in [6.45, 7) is 4.43. The van der Waals surface area contributed by atoms with E-state index in [-0.39, 0.29) is 11.5 Å². The number of carbonyl (C=O) groups excluding carboxylic acids is 1. The first-order valence-electron chi connectivity index (χ1n) is 10.4. The zero-order valence-electron chi connectivity index (χ0n) is 16.6. The standard InChI is InChI=1S/C22H27BrN4O2/c23-17-8-9-18-20(16-17)27(22(29)19-6-4-13-26(18)19)14-5-7-21(28)24-10-15-25-11-2-1-3-12-25/h4,6,8-9,13,16H,1-3,5,7,10-12,14-15H2,(H,24,28). The van der Waals surface area contributed by atoms with Gasteiger partial charge in [0.05, 0.1) is 11.0 Å². The van der Waals surface area contributed by atoms with Crippen LogP contribution in [0.3, 0.4) is 0 Å². The van der Waals surface area contributed by atoms with Gasteiger partial charge in [0, 0.05) is 36.7 Å². The van der Waals surface area contributed by atoms with Crippen molar-refractivity contribution in [2.24, 2.45) is 0 Å². The molecule has 0 spiro atoms. The number of hydrogen-bond acceptors (Lipinski definition) is 3. The van der Waals surface area contributed by atoms with Gasteiger partial charge in [0.2, 0.25) is 5.91 Å². The van der Waals surface area contributed by atoms with E-state index < -0.39 is 0 Å². The predicted octanol–water partition coefficient (Wildman–Crippen LogP) is 3.40. The first-order chi connectivity index (χ1) is 14.1. The van der Waals surface area contributed by atoms with Crippen molar-refractivity contribution in [3.05, 3.63) is 51.4 Å². The smallest absolute Gasteiger partial charge is 0.275 e. The number of amides is 1. The van der Waals surface area contributed by atoms with Gasteiger partial charge in [-0.05, 0) is 62.7 Å². The second-order valence-electron chi connectivity index (χ2n) is 7.71. The summed E-state index contributed by atoms with van der Waals surface area (Å²) in [6.07, 6.45) is 6.81. The number of carbonyl (C=O) groups is 1. The summed E-state index contributed by atoms with van der Waals surface area (Å²) in [7, 11) is 0. The lowest BCUT2D eigenvalue weighted by molar-refractivity contribution is -0.121. The van der Waals surface area contributed by atoms with Gasteiger partial charge in [0.15, 0.2) is 0 Å². The molecule has 6 nitrogen and oxygen atoms in total. The minimum atomic E-state index is -0.0221. The van der Waals surface area contributed by atoms with Crippen LogP contribution in [0.25, 0.3) is 16.6 Å². The third kappa shape index (κ3) is 4.56. The Labute approximate surface area is 178 Å². The molecule has 0 atom stereocenters. The zero-order valence-corrected chi connectivity index (χ0v) is 18.2. The second-order valence-corrected chi connectivity index (χ2v) is 8.62. The molecule has 0 radical (unpaired) electrons. The molecule has 0 unspecified atom stereocenters. The monoisotopic (exact) mass is 458 g/mol. The third-order valence-electron chi connectivity index (χ3n) is 5.69. The van der Waals surface area contributed by atoms with Crippen LogP contribution in [0.1, 0.15) is 32.1 Å². The van der Waals surface area contributed by atoms with E-state index in [2.05, 4.69) is 26.1 Å². The Balaban J connectivity index is 1.38. The first-order valence-corrected chi connectivity index (χ1v) is 11.2. The molecule has 0 aliphatic carbocycles. The molecule has 0 saturated carbocycles. The van der Waals surface area contributed by atoms with Crippen LogP contribution < -0.4 is 10.9 Å². The van der Waals surface area contributed by atoms with Crippen LogP contribution >= 0.6 is 15.9 Å². The van der Waals surface area contributed by atoms with Crippen LogP contribution in [0.5, 0.6) is 0 Å². The second kappa shape index (κ2) is 9.13. The van der Waals surface area contributed by atoms with E-state index in [0.29, 0.717) is 31.4 Å². The normalized spacial score (nSPS) is 15.2. The highest BCUT2D eigenvalue weighted by Gasteiger charge is 2.12. The molecule has 3 heterocycles. The maximum absolute atomic E-state index is 13.0. The van der Waals surface area contributed by atoms with E-state index in [1.165, 1.54) is 19.3 Å². The summed E-state index contributed by atoms with van der Waals surface area (Å²) in [4.78, 5) is 27.6. The first kappa shape index (κ1) is 20.2. The lowest BCUT2D eigenvalue weighted by Crippen LogP contribution is -2.37. The van der Waals surface area contributed by atoms with Crippen molar-refractivity contribution < 1.29 is 4.79 Å². The fourth-order valence-corrected chi connectivity index (χ4v) is 4.52. The van der Waals surface area contributed by atoms with E-state index in [1.54, 1.807) is 4.57 Å². The van der Waals surface area contributed by atoms with Crippen molar-refractivity contribution in [1.82, 2.24) is 19.2 Å². The molecule has 1 saturated heterocycles. The summed E-state index contributed by atoms with van der Waals surface area (Å²) in [5.74, 6) is 0.0595. The number of aromatic nitrogens is 2. The molecule has 3 aromatic rings. The van der Waals surface area contributed by atoms with E-state index in [0.717, 1.165) is 35.1 Å². The molecule has 4 rings (SSSR count). The van der Waals surface area contributed by atoms with Crippen LogP contribution in [0.2, 0.25) is 0 Å². The van der Waals surface area contributed by atoms with Crippen LogP contribution in [-0.4, -0.2) is 46.0 Å². The van der Waals surface area contributed by atoms with Gasteiger partial charge in [0.25, 0.3) is 5.56 Å². The largest absolute Gasteiger partial charge is 0.355 e. The Bertz CT molecular complexity index is 1070. The highest BCUT2D eigenvalue weighted by Crippen LogP contribution is 2.20. The molecule has 154 valence electrons. The van der Waals surface area contributed by atoms with Crippen molar-refractivity contribution in [3.63, 3.8) is 0 Å². The Morgan fingerprint density at radius 2 is 1.86 bits per heavy atom. The number of aryl methyl sites for hydroxylation is 1. The topological polar surface area (TPSA) is 58.8 Å². The number of piperidine rings is 1. The number of benzene rings is 1. The highest BCUT2D eigenvalue weighted by molar-refractivity contribution is 9.10. The van der Waals surface area contributed by atoms with E-state index in [1.807, 2.05) is 40.9 Å². The van der Waals surface area contributed by atoms with Crippen molar-refractivity contribution in [2.75, 3.05) is 26.2 Å². The number of rotatable bonds is 7. The van der Waals surface area contributed by atoms with Crippen molar-refractivity contribution in [1.29, 1.82) is 0 Å². The van der Waals surface area contributed by atoms with Crippen LogP contribution in [0.4, 0.5) is 0 Å². The van der Waals surface area contributed by atoms with E-state index in [4.69, 9.17) is 0 Å². The minimum Gasteiger partial charge on any atom is -0.355 e. The van der Waals surface area contributed by atoms with E-state index >= 15 is 0 Å². The maximum Gasteiger partial charge on any atom is 0.275 e. The lowest BCUT2D eigenvalue weighted by Gasteiger charge is -2.26. The average molecular weight is 459 g/mol. The van der Waals surface area contributed by atoms with Crippen molar-refractivity contribution in [3.8, 4) is 0 Å². The molecule has 1 fully saturated rings. The number of nitrogens with zero attached hydrogens (tertiary/aromatic N) is 3. The zero-order chi connectivity index (χ0) is 20.2. The Morgan fingerprint density at radius 1 is 1.03 bits per heavy atom. The molecule has 7 heteroatoms. The summed E-state index contributed by atoms with van der Waals surface area (Å²) >= 11 is 3.51. The van der Waals surface area contributed by atoms with Gasteiger partial charge in [-0.1, -0.05) is 22.4 Å². The number of likely N-dealkylation sites (tertiary alicyclic amines) is 1. The predicted molar refractivity (Wildman–Crippen MR) is 119 cm³/mol. The highest BCUT2D eigenvalue weighted by atomic mass is 79.9. The van der Waals surface area contributed by atoms with Crippen LogP contribution in [0.15, 0.2) is 45.8 Å². The molecule has 1 N–H and O–H groups in total. The number of halogens is 1.